The first-order chi connectivity index (χ1) is 10.9. The molecule has 1 atom stereocenters. The van der Waals surface area contributed by atoms with Crippen molar-refractivity contribution >= 4 is 24.0 Å². The standard InChI is InChI=1S/C12H10P.C9H7.2FH.Ti/c1-2-6-11(7-3-1)13-9-10-5-4-8-12(10)13;1-2-5-9-7-3-6-8(9)4-1;;;/h1-3,5-7H,4,9H2;1-7H;2*1H;/q2*-1;;;+4/p-2. The summed E-state index contributed by atoms with van der Waals surface area (Å²) >= 11 is 0. The third-order valence-electron chi connectivity index (χ3n) is 4.14. The van der Waals surface area contributed by atoms with E-state index in [9.17, 15) is 0 Å². The zero-order chi connectivity index (χ0) is 14.8. The van der Waals surface area contributed by atoms with Crippen LogP contribution in [0.2, 0.25) is 0 Å². The van der Waals surface area contributed by atoms with E-state index < -0.39 is 0 Å². The topological polar surface area (TPSA) is 0 Å². The normalized spacial score (nSPS) is 16.4. The van der Waals surface area contributed by atoms with Crippen LogP contribution < -0.4 is 14.7 Å². The number of benzene rings is 2. The molecule has 3 aromatic rings. The molecule has 0 saturated carbocycles. The summed E-state index contributed by atoms with van der Waals surface area (Å²) in [5.41, 5.74) is 1.56. The van der Waals surface area contributed by atoms with Gasteiger partial charge in [-0.2, -0.15) is 34.5 Å². The Morgan fingerprint density at radius 1 is 0.880 bits per heavy atom. The minimum atomic E-state index is 0. The zero-order valence-electron chi connectivity index (χ0n) is 13.6. The quantitative estimate of drug-likeness (QED) is 0.298. The summed E-state index contributed by atoms with van der Waals surface area (Å²) in [7, 11) is 0.00399. The Kier molecular flexibility index (Phi) is 8.52. The molecule has 124 valence electrons. The van der Waals surface area contributed by atoms with Gasteiger partial charge < -0.3 is 9.41 Å². The van der Waals surface area contributed by atoms with E-state index in [2.05, 4.69) is 84.9 Å². The maximum atomic E-state index is 3.46. The summed E-state index contributed by atoms with van der Waals surface area (Å²) in [4.78, 5) is 0. The van der Waals surface area contributed by atoms with Crippen LogP contribution in [-0.4, -0.2) is 6.16 Å². The van der Waals surface area contributed by atoms with Gasteiger partial charge in [-0.15, -0.1) is 36.1 Å². The second-order valence-electron chi connectivity index (χ2n) is 5.54. The molecule has 0 N–H and O–H groups in total. The van der Waals surface area contributed by atoms with Gasteiger partial charge in [0.1, 0.15) is 0 Å². The number of fused-ring (bicyclic) bond motifs is 2. The molecule has 1 fully saturated rings. The van der Waals surface area contributed by atoms with Crippen LogP contribution in [0.1, 0.15) is 6.42 Å². The molecule has 0 radical (unpaired) electrons. The minimum Gasteiger partial charge on any atom is -1.00 e. The van der Waals surface area contributed by atoms with Gasteiger partial charge in [-0.25, -0.2) is 0 Å². The summed E-state index contributed by atoms with van der Waals surface area (Å²) in [6.45, 7) is 0. The van der Waals surface area contributed by atoms with E-state index >= 15 is 0 Å². The van der Waals surface area contributed by atoms with Gasteiger partial charge in [-0.1, -0.05) is 50.5 Å². The van der Waals surface area contributed by atoms with E-state index in [0.717, 1.165) is 6.42 Å². The zero-order valence-corrected chi connectivity index (χ0v) is 16.1. The molecule has 0 aromatic heterocycles. The van der Waals surface area contributed by atoms with E-state index in [1.54, 1.807) is 5.57 Å². The smallest absolute Gasteiger partial charge is 1.00 e. The van der Waals surface area contributed by atoms with E-state index in [-0.39, 0.29) is 39.0 Å². The molecule has 0 amide bonds. The molecule has 5 rings (SSSR count). The molecule has 4 heteroatoms. The van der Waals surface area contributed by atoms with Crippen molar-refractivity contribution in [3.05, 3.63) is 95.8 Å². The number of rotatable bonds is 1. The van der Waals surface area contributed by atoms with Crippen molar-refractivity contribution in [2.24, 2.45) is 0 Å². The molecule has 1 aliphatic carbocycles. The monoisotopic (exact) mass is 386 g/mol. The summed E-state index contributed by atoms with van der Waals surface area (Å²) < 4.78 is 0. The Balaban J connectivity index is 0.000000234. The number of hydrogen-bond donors (Lipinski definition) is 0. The Morgan fingerprint density at radius 3 is 2.32 bits per heavy atom. The van der Waals surface area contributed by atoms with Crippen LogP contribution >= 0.6 is 7.92 Å². The van der Waals surface area contributed by atoms with Gasteiger partial charge in [0.05, 0.1) is 0 Å². The van der Waals surface area contributed by atoms with Crippen molar-refractivity contribution in [1.29, 1.82) is 0 Å². The Labute approximate surface area is 163 Å². The molecule has 3 aromatic carbocycles. The van der Waals surface area contributed by atoms with E-state index in [0.29, 0.717) is 0 Å². The summed E-state index contributed by atoms with van der Waals surface area (Å²) in [6, 6.07) is 25.5. The van der Waals surface area contributed by atoms with Crippen LogP contribution in [0.25, 0.3) is 10.8 Å². The maximum absolute atomic E-state index is 3.46. The van der Waals surface area contributed by atoms with Gasteiger partial charge in [0.25, 0.3) is 0 Å². The molecule has 1 aliphatic heterocycles. The van der Waals surface area contributed by atoms with Crippen LogP contribution in [0, 0.1) is 6.08 Å². The van der Waals surface area contributed by atoms with Crippen LogP contribution in [-0.2, 0) is 21.7 Å². The molecular formula is C21H17F2PTi. The van der Waals surface area contributed by atoms with Crippen molar-refractivity contribution in [1.82, 2.24) is 0 Å². The minimum absolute atomic E-state index is 0. The molecule has 0 bridgehead atoms. The molecule has 25 heavy (non-hydrogen) atoms. The first-order valence-electron chi connectivity index (χ1n) is 7.65. The molecule has 1 unspecified atom stereocenters. The molecule has 0 spiro atoms. The number of allylic oxidation sites excluding steroid dienone is 4. The molecular weight excluding hydrogens is 369 g/mol. The molecule has 1 saturated heterocycles. The average molecular weight is 386 g/mol. The number of hydrogen-bond acceptors (Lipinski definition) is 0. The Bertz CT molecular complexity index is 822. The van der Waals surface area contributed by atoms with Gasteiger partial charge in [-0.05, 0) is 5.30 Å². The summed E-state index contributed by atoms with van der Waals surface area (Å²) in [5, 5.41) is 5.70. The van der Waals surface area contributed by atoms with Crippen LogP contribution in [0.3, 0.4) is 0 Å². The SMILES string of the molecule is [C-]1=C2C(=CC1)CP2c1ccccc1.[F-].[F-].[Ti+4].c1ccc2[cH-]ccc2c1. The summed E-state index contributed by atoms with van der Waals surface area (Å²) in [6.07, 6.45) is 8.12. The molecule has 2 aliphatic rings. The van der Waals surface area contributed by atoms with Gasteiger partial charge in [0.2, 0.25) is 0 Å². The fourth-order valence-electron chi connectivity index (χ4n) is 2.95. The van der Waals surface area contributed by atoms with Crippen LogP contribution in [0.4, 0.5) is 0 Å². The predicted molar refractivity (Wildman–Crippen MR) is 96.9 cm³/mol. The second kappa shape index (κ2) is 9.87. The fourth-order valence-corrected chi connectivity index (χ4v) is 5.23. The number of halogens is 2. The van der Waals surface area contributed by atoms with Crippen molar-refractivity contribution in [3.63, 3.8) is 0 Å². The van der Waals surface area contributed by atoms with Crippen LogP contribution in [0.15, 0.2) is 89.8 Å². The van der Waals surface area contributed by atoms with E-state index in [1.165, 1.54) is 27.6 Å². The Hall–Kier alpha value is -1.47. The van der Waals surface area contributed by atoms with E-state index in [4.69, 9.17) is 0 Å². The van der Waals surface area contributed by atoms with Gasteiger partial charge in [0, 0.05) is 0 Å². The van der Waals surface area contributed by atoms with Gasteiger partial charge in [-0.3, -0.25) is 6.08 Å². The first-order valence-corrected chi connectivity index (χ1v) is 9.18. The third-order valence-corrected chi connectivity index (χ3v) is 6.70. The van der Waals surface area contributed by atoms with Crippen molar-refractivity contribution in [2.75, 3.05) is 6.16 Å². The summed E-state index contributed by atoms with van der Waals surface area (Å²) in [5.74, 6) is 0. The predicted octanol–water partition coefficient (Wildman–Crippen LogP) is -0.611. The largest absolute Gasteiger partial charge is 4.00 e. The Morgan fingerprint density at radius 2 is 1.60 bits per heavy atom. The van der Waals surface area contributed by atoms with Crippen molar-refractivity contribution in [3.8, 4) is 0 Å². The molecule has 0 nitrogen and oxygen atoms in total. The third kappa shape index (κ3) is 4.58. The van der Waals surface area contributed by atoms with Crippen molar-refractivity contribution in [2.45, 2.75) is 6.42 Å². The van der Waals surface area contributed by atoms with Crippen molar-refractivity contribution < 1.29 is 31.1 Å². The van der Waals surface area contributed by atoms with Gasteiger partial charge >= 0.3 is 21.7 Å². The first kappa shape index (κ1) is 21.6. The average Bonchev–Trinajstić information content (AvgIpc) is 3.16. The fraction of sp³-hybridized carbons (Fsp3) is 0.0952. The second-order valence-corrected chi connectivity index (χ2v) is 7.67. The molecule has 1 heterocycles. The van der Waals surface area contributed by atoms with Gasteiger partial charge in [0.15, 0.2) is 0 Å². The maximum Gasteiger partial charge on any atom is 4.00 e. The van der Waals surface area contributed by atoms with Crippen LogP contribution in [0.5, 0.6) is 0 Å². The van der Waals surface area contributed by atoms with E-state index in [1.807, 2.05) is 0 Å².